The van der Waals surface area contributed by atoms with Gasteiger partial charge in [0.15, 0.2) is 6.10 Å². The molecule has 0 bridgehead atoms. The molecule has 0 saturated carbocycles. The Kier molecular flexibility index (Phi) is 6.61. The number of hydrogen-bond acceptors (Lipinski definition) is 6. The summed E-state index contributed by atoms with van der Waals surface area (Å²) in [6.07, 6.45) is 1.86. The van der Waals surface area contributed by atoms with Gasteiger partial charge in [-0.25, -0.2) is 9.18 Å². The molecule has 3 rings (SSSR count). The topological polar surface area (TPSA) is 102 Å². The molecule has 1 fully saturated rings. The number of anilines is 2. The summed E-state index contributed by atoms with van der Waals surface area (Å²) in [6.45, 7) is 2.84. The average Bonchev–Trinajstić information content (AvgIpc) is 2.75. The fourth-order valence-corrected chi connectivity index (χ4v) is 3.26. The van der Waals surface area contributed by atoms with Gasteiger partial charge in [0.25, 0.3) is 11.6 Å². The fraction of sp³-hybridized carbons (Fsp3) is 0.333. The Morgan fingerprint density at radius 3 is 2.43 bits per heavy atom. The van der Waals surface area contributed by atoms with Crippen molar-refractivity contribution in [3.63, 3.8) is 0 Å². The SMILES string of the molecule is C[C@@H](OC(=O)c1ccc(N2CCCCC2)c([N+](=O)[O-])c1)C(=O)Nc1ccc(F)cc1. The maximum atomic E-state index is 12.9. The van der Waals surface area contributed by atoms with Crippen LogP contribution in [0.15, 0.2) is 42.5 Å². The number of nitro benzene ring substituents is 1. The third kappa shape index (κ3) is 5.11. The van der Waals surface area contributed by atoms with Gasteiger partial charge in [0.2, 0.25) is 0 Å². The molecule has 9 heteroatoms. The highest BCUT2D eigenvalue weighted by Crippen LogP contribution is 2.31. The number of nitrogens with zero attached hydrogens (tertiary/aromatic N) is 2. The highest BCUT2D eigenvalue weighted by molar-refractivity contribution is 5.97. The molecule has 1 atom stereocenters. The molecule has 0 radical (unpaired) electrons. The van der Waals surface area contributed by atoms with Crippen molar-refractivity contribution < 1.29 is 23.6 Å². The van der Waals surface area contributed by atoms with Crippen LogP contribution >= 0.6 is 0 Å². The summed E-state index contributed by atoms with van der Waals surface area (Å²) >= 11 is 0. The number of carbonyl (C=O) groups is 2. The minimum atomic E-state index is -1.15. The van der Waals surface area contributed by atoms with Gasteiger partial charge in [-0.15, -0.1) is 0 Å². The van der Waals surface area contributed by atoms with Crippen LogP contribution in [0.1, 0.15) is 36.5 Å². The van der Waals surface area contributed by atoms with Crippen LogP contribution in [0.25, 0.3) is 0 Å². The van der Waals surface area contributed by atoms with Crippen LogP contribution in [-0.4, -0.2) is 36.0 Å². The van der Waals surface area contributed by atoms with Gasteiger partial charge in [0.1, 0.15) is 11.5 Å². The highest BCUT2D eigenvalue weighted by Gasteiger charge is 2.25. The summed E-state index contributed by atoms with van der Waals surface area (Å²) in [5.41, 5.74) is 0.642. The van der Waals surface area contributed by atoms with Crippen LogP contribution in [0, 0.1) is 15.9 Å². The van der Waals surface area contributed by atoms with Crippen molar-refractivity contribution in [2.75, 3.05) is 23.3 Å². The molecule has 2 aromatic carbocycles. The van der Waals surface area contributed by atoms with Crippen molar-refractivity contribution in [2.24, 2.45) is 0 Å². The van der Waals surface area contributed by atoms with Crippen molar-refractivity contribution in [1.82, 2.24) is 0 Å². The number of nitrogens with one attached hydrogen (secondary N) is 1. The first-order valence-corrected chi connectivity index (χ1v) is 9.66. The maximum absolute atomic E-state index is 12.9. The van der Waals surface area contributed by atoms with E-state index < -0.39 is 28.7 Å². The summed E-state index contributed by atoms with van der Waals surface area (Å²) in [6, 6.07) is 9.32. The molecule has 1 amide bonds. The zero-order valence-electron chi connectivity index (χ0n) is 16.5. The van der Waals surface area contributed by atoms with Crippen LogP contribution in [-0.2, 0) is 9.53 Å². The van der Waals surface area contributed by atoms with Gasteiger partial charge in [-0.3, -0.25) is 14.9 Å². The second-order valence-corrected chi connectivity index (χ2v) is 7.05. The Bertz CT molecular complexity index is 942. The molecule has 0 spiro atoms. The number of hydrogen-bond donors (Lipinski definition) is 1. The molecule has 1 aliphatic heterocycles. The van der Waals surface area contributed by atoms with Crippen molar-refractivity contribution in [2.45, 2.75) is 32.3 Å². The van der Waals surface area contributed by atoms with Crippen molar-refractivity contribution in [3.8, 4) is 0 Å². The number of esters is 1. The van der Waals surface area contributed by atoms with Crippen LogP contribution in [0.5, 0.6) is 0 Å². The maximum Gasteiger partial charge on any atom is 0.339 e. The smallest absolute Gasteiger partial charge is 0.339 e. The van der Waals surface area contributed by atoms with Gasteiger partial charge in [-0.1, -0.05) is 0 Å². The van der Waals surface area contributed by atoms with Gasteiger partial charge in [0, 0.05) is 24.8 Å². The second-order valence-electron chi connectivity index (χ2n) is 7.05. The number of ether oxygens (including phenoxy) is 1. The molecule has 0 aromatic heterocycles. The Morgan fingerprint density at radius 2 is 1.80 bits per heavy atom. The van der Waals surface area contributed by atoms with Gasteiger partial charge >= 0.3 is 5.97 Å². The summed E-state index contributed by atoms with van der Waals surface area (Å²) in [5, 5.41) is 14.0. The predicted molar refractivity (Wildman–Crippen MR) is 109 cm³/mol. The van der Waals surface area contributed by atoms with Gasteiger partial charge < -0.3 is 15.0 Å². The minimum Gasteiger partial charge on any atom is -0.449 e. The molecule has 1 aliphatic rings. The van der Waals surface area contributed by atoms with Crippen LogP contribution in [0.2, 0.25) is 0 Å². The van der Waals surface area contributed by atoms with Crippen molar-refractivity contribution in [1.29, 1.82) is 0 Å². The summed E-state index contributed by atoms with van der Waals surface area (Å²) < 4.78 is 18.1. The number of nitro groups is 1. The van der Waals surface area contributed by atoms with E-state index in [1.54, 1.807) is 6.07 Å². The molecule has 30 heavy (non-hydrogen) atoms. The number of amides is 1. The first-order valence-electron chi connectivity index (χ1n) is 9.66. The van der Waals surface area contributed by atoms with Crippen LogP contribution in [0.4, 0.5) is 21.5 Å². The minimum absolute atomic E-state index is 0.0103. The largest absolute Gasteiger partial charge is 0.449 e. The van der Waals surface area contributed by atoms with Crippen LogP contribution < -0.4 is 10.2 Å². The molecule has 2 aromatic rings. The molecule has 1 heterocycles. The summed E-state index contributed by atoms with van der Waals surface area (Å²) in [5.74, 6) is -1.89. The molecular formula is C21H22FN3O5. The average molecular weight is 415 g/mol. The van der Waals surface area contributed by atoms with E-state index >= 15 is 0 Å². The van der Waals surface area contributed by atoms with E-state index in [2.05, 4.69) is 5.32 Å². The zero-order chi connectivity index (χ0) is 21.7. The van der Waals surface area contributed by atoms with Gasteiger partial charge in [0.05, 0.1) is 10.5 Å². The lowest BCUT2D eigenvalue weighted by Gasteiger charge is -2.28. The second kappa shape index (κ2) is 9.34. The van der Waals surface area contributed by atoms with E-state index in [1.165, 1.54) is 43.3 Å². The number of piperidine rings is 1. The normalized spacial score (nSPS) is 14.7. The Hall–Kier alpha value is -3.49. The molecular weight excluding hydrogens is 393 g/mol. The number of benzene rings is 2. The Labute approximate surface area is 172 Å². The monoisotopic (exact) mass is 415 g/mol. The van der Waals surface area contributed by atoms with E-state index in [0.717, 1.165) is 32.4 Å². The first-order chi connectivity index (χ1) is 14.3. The third-order valence-corrected chi connectivity index (χ3v) is 4.87. The molecule has 0 aliphatic carbocycles. The van der Waals surface area contributed by atoms with Crippen molar-refractivity contribution >= 4 is 28.9 Å². The van der Waals surface area contributed by atoms with E-state index in [1.807, 2.05) is 4.90 Å². The van der Waals surface area contributed by atoms with E-state index in [9.17, 15) is 24.1 Å². The van der Waals surface area contributed by atoms with E-state index in [-0.39, 0.29) is 11.3 Å². The number of halogens is 1. The van der Waals surface area contributed by atoms with Crippen LogP contribution in [0.3, 0.4) is 0 Å². The lowest BCUT2D eigenvalue weighted by atomic mass is 10.1. The number of rotatable bonds is 6. The zero-order valence-corrected chi connectivity index (χ0v) is 16.5. The fourth-order valence-electron chi connectivity index (χ4n) is 3.26. The van der Waals surface area contributed by atoms with Crippen molar-refractivity contribution in [3.05, 3.63) is 64.0 Å². The number of carbonyl (C=O) groups excluding carboxylic acids is 2. The molecule has 1 N–H and O–H groups in total. The summed E-state index contributed by atoms with van der Waals surface area (Å²) in [4.78, 5) is 37.6. The third-order valence-electron chi connectivity index (χ3n) is 4.87. The lowest BCUT2D eigenvalue weighted by molar-refractivity contribution is -0.384. The van der Waals surface area contributed by atoms with Gasteiger partial charge in [-0.05, 0) is 62.6 Å². The molecule has 0 unspecified atom stereocenters. The predicted octanol–water partition coefficient (Wildman–Crippen LogP) is 3.91. The molecule has 8 nitrogen and oxygen atoms in total. The Morgan fingerprint density at radius 1 is 1.13 bits per heavy atom. The Balaban J connectivity index is 1.69. The quantitative estimate of drug-likeness (QED) is 0.436. The molecule has 1 saturated heterocycles. The summed E-state index contributed by atoms with van der Waals surface area (Å²) in [7, 11) is 0. The molecule has 158 valence electrons. The van der Waals surface area contributed by atoms with E-state index in [4.69, 9.17) is 4.74 Å². The lowest BCUT2D eigenvalue weighted by Crippen LogP contribution is -2.31. The van der Waals surface area contributed by atoms with Gasteiger partial charge in [-0.2, -0.15) is 0 Å². The standard InChI is InChI=1S/C21H22FN3O5/c1-14(20(26)23-17-8-6-16(22)7-9-17)30-21(27)15-5-10-18(19(13-15)25(28)29)24-11-3-2-4-12-24/h5-10,13-14H,2-4,11-12H2,1H3,(H,23,26)/t14-/m1/s1. The highest BCUT2D eigenvalue weighted by atomic mass is 19.1. The first kappa shape index (κ1) is 21.2. The van der Waals surface area contributed by atoms with E-state index in [0.29, 0.717) is 11.4 Å².